The van der Waals surface area contributed by atoms with Gasteiger partial charge in [-0.25, -0.2) is 5.43 Å². The molecule has 5 heteroatoms. The summed E-state index contributed by atoms with van der Waals surface area (Å²) in [6.45, 7) is 1.79. The number of nitrogens with zero attached hydrogens (tertiary/aromatic N) is 2. The lowest BCUT2D eigenvalue weighted by molar-refractivity contribution is 0.0954. The number of nitrogens with one attached hydrogen (secondary N) is 1. The van der Waals surface area contributed by atoms with Crippen molar-refractivity contribution in [1.29, 1.82) is 0 Å². The summed E-state index contributed by atoms with van der Waals surface area (Å²) in [5, 5.41) is 4.68. The average molecular weight is 300 g/mol. The second kappa shape index (κ2) is 7.36. The SMILES string of the molecule is CC(C=Cc1ccccc1Cl)=NNC(=O)c1ccncc1. The largest absolute Gasteiger partial charge is 0.271 e. The van der Waals surface area contributed by atoms with E-state index in [-0.39, 0.29) is 5.91 Å². The third-order valence-electron chi connectivity index (χ3n) is 2.69. The van der Waals surface area contributed by atoms with Gasteiger partial charge in [-0.3, -0.25) is 9.78 Å². The molecule has 0 radical (unpaired) electrons. The number of hydrogen-bond donors (Lipinski definition) is 1. The average Bonchev–Trinajstić information content (AvgIpc) is 2.52. The van der Waals surface area contributed by atoms with E-state index in [9.17, 15) is 4.79 Å². The second-order valence-electron chi connectivity index (χ2n) is 4.28. The lowest BCUT2D eigenvalue weighted by atomic mass is 10.2. The van der Waals surface area contributed by atoms with E-state index < -0.39 is 0 Å². The fourth-order valence-corrected chi connectivity index (χ4v) is 1.76. The van der Waals surface area contributed by atoms with Crippen LogP contribution in [-0.2, 0) is 0 Å². The third-order valence-corrected chi connectivity index (χ3v) is 3.03. The number of halogens is 1. The first-order chi connectivity index (χ1) is 10.2. The Morgan fingerprint density at radius 1 is 1.24 bits per heavy atom. The Kier molecular flexibility index (Phi) is 5.23. The van der Waals surface area contributed by atoms with Crippen molar-refractivity contribution in [3.8, 4) is 0 Å². The summed E-state index contributed by atoms with van der Waals surface area (Å²) < 4.78 is 0. The number of hydrogen-bond acceptors (Lipinski definition) is 3. The highest BCUT2D eigenvalue weighted by atomic mass is 35.5. The summed E-state index contributed by atoms with van der Waals surface area (Å²) in [6, 6.07) is 10.7. The van der Waals surface area contributed by atoms with Crippen molar-refractivity contribution >= 4 is 29.3 Å². The molecule has 1 aromatic carbocycles. The highest BCUT2D eigenvalue weighted by Crippen LogP contribution is 2.16. The summed E-state index contributed by atoms with van der Waals surface area (Å²) in [5.74, 6) is -0.275. The van der Waals surface area contributed by atoms with E-state index in [1.165, 1.54) is 0 Å². The third kappa shape index (κ3) is 4.54. The van der Waals surface area contributed by atoms with Gasteiger partial charge in [-0.15, -0.1) is 0 Å². The van der Waals surface area contributed by atoms with E-state index in [0.717, 1.165) is 5.56 Å². The number of hydrazone groups is 1. The predicted molar refractivity (Wildman–Crippen MR) is 85.3 cm³/mol. The van der Waals surface area contributed by atoms with Crippen LogP contribution >= 0.6 is 11.6 Å². The summed E-state index contributed by atoms with van der Waals surface area (Å²) in [4.78, 5) is 15.6. The molecule has 2 aromatic rings. The summed E-state index contributed by atoms with van der Waals surface area (Å²) in [7, 11) is 0. The number of carbonyl (C=O) groups is 1. The Balaban J connectivity index is 1.99. The van der Waals surface area contributed by atoms with Crippen LogP contribution in [0.5, 0.6) is 0 Å². The van der Waals surface area contributed by atoms with E-state index >= 15 is 0 Å². The van der Waals surface area contributed by atoms with Crippen LogP contribution < -0.4 is 5.43 Å². The van der Waals surface area contributed by atoms with Crippen molar-refractivity contribution in [1.82, 2.24) is 10.4 Å². The maximum atomic E-state index is 11.8. The number of aromatic nitrogens is 1. The quantitative estimate of drug-likeness (QED) is 0.693. The van der Waals surface area contributed by atoms with Crippen LogP contribution in [0, 0.1) is 0 Å². The van der Waals surface area contributed by atoms with Gasteiger partial charge in [0.15, 0.2) is 0 Å². The van der Waals surface area contributed by atoms with Crippen LogP contribution in [-0.4, -0.2) is 16.6 Å². The van der Waals surface area contributed by atoms with Crippen LogP contribution in [0.1, 0.15) is 22.8 Å². The molecule has 1 aromatic heterocycles. The van der Waals surface area contributed by atoms with E-state index in [4.69, 9.17) is 11.6 Å². The van der Waals surface area contributed by atoms with Gasteiger partial charge in [0.05, 0.1) is 5.71 Å². The van der Waals surface area contributed by atoms with Crippen LogP contribution in [0.2, 0.25) is 5.02 Å². The monoisotopic (exact) mass is 299 g/mol. The van der Waals surface area contributed by atoms with Gasteiger partial charge in [-0.05, 0) is 36.8 Å². The first kappa shape index (κ1) is 14.9. The topological polar surface area (TPSA) is 54.4 Å². The van der Waals surface area contributed by atoms with Gasteiger partial charge in [0.1, 0.15) is 0 Å². The smallest absolute Gasteiger partial charge is 0.267 e. The molecule has 106 valence electrons. The fraction of sp³-hybridized carbons (Fsp3) is 0.0625. The molecule has 1 N–H and O–H groups in total. The molecule has 0 aliphatic carbocycles. The Morgan fingerprint density at radius 2 is 1.95 bits per heavy atom. The molecule has 4 nitrogen and oxygen atoms in total. The van der Waals surface area contributed by atoms with Crippen molar-refractivity contribution in [3.05, 3.63) is 71.0 Å². The molecule has 1 heterocycles. The molecule has 2 rings (SSSR count). The number of amides is 1. The Bertz CT molecular complexity index is 681. The Labute approximate surface area is 128 Å². The molecular weight excluding hydrogens is 286 g/mol. The van der Waals surface area contributed by atoms with Crippen LogP contribution in [0.25, 0.3) is 6.08 Å². The minimum atomic E-state index is -0.275. The van der Waals surface area contributed by atoms with Gasteiger partial charge >= 0.3 is 0 Å². The lowest BCUT2D eigenvalue weighted by Gasteiger charge is -2.00. The minimum Gasteiger partial charge on any atom is -0.267 e. The number of allylic oxidation sites excluding steroid dienone is 1. The van der Waals surface area contributed by atoms with Gasteiger partial charge in [0, 0.05) is 23.0 Å². The molecule has 0 aliphatic rings. The number of rotatable bonds is 4. The molecule has 0 atom stereocenters. The van der Waals surface area contributed by atoms with Gasteiger partial charge in [0.25, 0.3) is 5.91 Å². The van der Waals surface area contributed by atoms with Crippen LogP contribution in [0.3, 0.4) is 0 Å². The van der Waals surface area contributed by atoms with Crippen molar-refractivity contribution < 1.29 is 4.79 Å². The minimum absolute atomic E-state index is 0.275. The zero-order valence-electron chi connectivity index (χ0n) is 11.5. The molecular formula is C16H14ClN3O. The zero-order chi connectivity index (χ0) is 15.1. The van der Waals surface area contributed by atoms with Gasteiger partial charge in [-0.1, -0.05) is 35.9 Å². The first-order valence-electron chi connectivity index (χ1n) is 6.34. The lowest BCUT2D eigenvalue weighted by Crippen LogP contribution is -2.18. The van der Waals surface area contributed by atoms with Gasteiger partial charge in [0.2, 0.25) is 0 Å². The summed E-state index contributed by atoms with van der Waals surface area (Å²) >= 11 is 6.05. The fourth-order valence-electron chi connectivity index (χ4n) is 1.56. The maximum absolute atomic E-state index is 11.8. The normalized spacial score (nSPS) is 11.6. The van der Waals surface area contributed by atoms with Crippen molar-refractivity contribution in [2.24, 2.45) is 5.10 Å². The van der Waals surface area contributed by atoms with E-state index in [1.807, 2.05) is 30.3 Å². The standard InChI is InChI=1S/C16H14ClN3O/c1-12(6-7-13-4-2-3-5-15(13)17)19-20-16(21)14-8-10-18-11-9-14/h2-11H,1H3,(H,20,21). The van der Waals surface area contributed by atoms with E-state index in [0.29, 0.717) is 16.3 Å². The molecule has 0 bridgehead atoms. The molecule has 0 fully saturated rings. The molecule has 21 heavy (non-hydrogen) atoms. The molecule has 0 saturated heterocycles. The molecule has 0 unspecified atom stereocenters. The van der Waals surface area contributed by atoms with Crippen LogP contribution in [0.15, 0.2) is 60.0 Å². The van der Waals surface area contributed by atoms with Crippen molar-refractivity contribution in [2.75, 3.05) is 0 Å². The molecule has 0 spiro atoms. The zero-order valence-corrected chi connectivity index (χ0v) is 12.2. The highest BCUT2D eigenvalue weighted by Gasteiger charge is 2.02. The number of benzene rings is 1. The predicted octanol–water partition coefficient (Wildman–Crippen LogP) is 3.55. The second-order valence-corrected chi connectivity index (χ2v) is 4.69. The highest BCUT2D eigenvalue weighted by molar-refractivity contribution is 6.32. The number of pyridine rings is 1. The Hall–Kier alpha value is -2.46. The van der Waals surface area contributed by atoms with E-state index in [2.05, 4.69) is 15.5 Å². The molecule has 0 saturated carbocycles. The van der Waals surface area contributed by atoms with E-state index in [1.54, 1.807) is 37.5 Å². The number of carbonyl (C=O) groups excluding carboxylic acids is 1. The first-order valence-corrected chi connectivity index (χ1v) is 6.72. The summed E-state index contributed by atoms with van der Waals surface area (Å²) in [6.07, 6.45) is 6.75. The summed E-state index contributed by atoms with van der Waals surface area (Å²) in [5.41, 5.74) is 4.56. The van der Waals surface area contributed by atoms with Gasteiger partial charge < -0.3 is 0 Å². The van der Waals surface area contributed by atoms with Gasteiger partial charge in [-0.2, -0.15) is 5.10 Å². The molecule has 0 aliphatic heterocycles. The van der Waals surface area contributed by atoms with Crippen molar-refractivity contribution in [3.63, 3.8) is 0 Å². The maximum Gasteiger partial charge on any atom is 0.271 e. The Morgan fingerprint density at radius 3 is 2.67 bits per heavy atom. The van der Waals surface area contributed by atoms with Crippen molar-refractivity contribution in [2.45, 2.75) is 6.92 Å². The molecule has 1 amide bonds. The van der Waals surface area contributed by atoms with Crippen LogP contribution in [0.4, 0.5) is 0 Å².